The van der Waals surface area contributed by atoms with Gasteiger partial charge in [0.2, 0.25) is 5.89 Å². The first kappa shape index (κ1) is 12.7. The number of hydrogen-bond acceptors (Lipinski definition) is 5. The Labute approximate surface area is 113 Å². The molecule has 1 aliphatic rings. The van der Waals surface area contributed by atoms with Gasteiger partial charge in [-0.3, -0.25) is 10.1 Å². The van der Waals surface area contributed by atoms with E-state index in [1.807, 2.05) is 0 Å². The van der Waals surface area contributed by atoms with Gasteiger partial charge in [-0.1, -0.05) is 5.10 Å². The molecule has 1 fully saturated rings. The van der Waals surface area contributed by atoms with E-state index in [1.54, 1.807) is 0 Å². The highest BCUT2D eigenvalue weighted by Gasteiger charge is 2.24. The van der Waals surface area contributed by atoms with Crippen molar-refractivity contribution in [1.29, 1.82) is 0 Å². The minimum atomic E-state index is -0.437. The van der Waals surface area contributed by atoms with E-state index < -0.39 is 11.7 Å². The van der Waals surface area contributed by atoms with Gasteiger partial charge in [-0.05, 0) is 37.1 Å². The van der Waals surface area contributed by atoms with Gasteiger partial charge < -0.3 is 9.15 Å². The van der Waals surface area contributed by atoms with Crippen LogP contribution in [0.25, 0.3) is 0 Å². The summed E-state index contributed by atoms with van der Waals surface area (Å²) in [6, 6.07) is 5.18. The first-order chi connectivity index (χ1) is 9.72. The molecule has 104 valence electrons. The Balaban J connectivity index is 1.68. The second-order valence-electron chi connectivity index (χ2n) is 4.41. The first-order valence-corrected chi connectivity index (χ1v) is 6.24. The number of nitrogens with zero attached hydrogens (tertiary/aromatic N) is 2. The van der Waals surface area contributed by atoms with Crippen LogP contribution in [0, 0.1) is 5.82 Å². The smallest absolute Gasteiger partial charge is 0.322 e. The number of nitrogens with one attached hydrogen (secondary N) is 1. The summed E-state index contributed by atoms with van der Waals surface area (Å²) >= 11 is 0. The van der Waals surface area contributed by atoms with Crippen LogP contribution < -0.4 is 5.32 Å². The van der Waals surface area contributed by atoms with Crippen molar-refractivity contribution in [1.82, 2.24) is 10.2 Å². The number of anilines is 1. The van der Waals surface area contributed by atoms with Gasteiger partial charge in [-0.15, -0.1) is 5.10 Å². The highest BCUT2D eigenvalue weighted by atomic mass is 19.1. The van der Waals surface area contributed by atoms with E-state index in [4.69, 9.17) is 9.15 Å². The van der Waals surface area contributed by atoms with E-state index in [0.29, 0.717) is 18.1 Å². The number of halogens is 1. The molecule has 2 heterocycles. The zero-order valence-electron chi connectivity index (χ0n) is 10.5. The molecule has 6 nitrogen and oxygen atoms in total. The highest BCUT2D eigenvalue weighted by molar-refractivity contribution is 6.03. The fourth-order valence-corrected chi connectivity index (χ4v) is 1.96. The molecular formula is C13H12FN3O3. The Bertz CT molecular complexity index is 606. The van der Waals surface area contributed by atoms with Crippen LogP contribution in [0.3, 0.4) is 0 Å². The van der Waals surface area contributed by atoms with Crippen molar-refractivity contribution in [3.05, 3.63) is 41.5 Å². The lowest BCUT2D eigenvalue weighted by molar-refractivity contribution is 0.0893. The van der Waals surface area contributed by atoms with E-state index >= 15 is 0 Å². The van der Waals surface area contributed by atoms with Crippen molar-refractivity contribution in [2.75, 3.05) is 11.9 Å². The quantitative estimate of drug-likeness (QED) is 0.931. The molecule has 1 atom stereocenters. The zero-order valence-corrected chi connectivity index (χ0v) is 10.5. The van der Waals surface area contributed by atoms with Gasteiger partial charge in [-0.25, -0.2) is 4.39 Å². The first-order valence-electron chi connectivity index (χ1n) is 6.24. The molecule has 20 heavy (non-hydrogen) atoms. The summed E-state index contributed by atoms with van der Waals surface area (Å²) < 4.78 is 23.5. The van der Waals surface area contributed by atoms with Gasteiger partial charge in [-0.2, -0.15) is 0 Å². The van der Waals surface area contributed by atoms with E-state index in [0.717, 1.165) is 12.8 Å². The van der Waals surface area contributed by atoms with Crippen LogP contribution >= 0.6 is 0 Å². The summed E-state index contributed by atoms with van der Waals surface area (Å²) in [5.74, 6) is -0.482. The molecule has 1 saturated heterocycles. The third kappa shape index (κ3) is 2.67. The Morgan fingerprint density at radius 1 is 1.30 bits per heavy atom. The van der Waals surface area contributed by atoms with Crippen LogP contribution in [0.1, 0.15) is 35.2 Å². The van der Waals surface area contributed by atoms with Crippen LogP contribution in [-0.4, -0.2) is 22.7 Å². The predicted molar refractivity (Wildman–Crippen MR) is 66.6 cm³/mol. The number of amides is 1. The van der Waals surface area contributed by atoms with Crippen LogP contribution in [-0.2, 0) is 4.74 Å². The number of rotatable bonds is 3. The second kappa shape index (κ2) is 5.38. The summed E-state index contributed by atoms with van der Waals surface area (Å²) in [4.78, 5) is 11.9. The lowest BCUT2D eigenvalue weighted by Crippen LogP contribution is -2.12. The van der Waals surface area contributed by atoms with Gasteiger partial charge in [0.05, 0.1) is 0 Å². The standard InChI is InChI=1S/C13H12FN3O3/c14-9-5-3-8(4-6-9)11(18)15-13-17-16-12(20-13)10-2-1-7-19-10/h3-6,10H,1-2,7H2,(H,15,17,18). The topological polar surface area (TPSA) is 77.2 Å². The molecule has 0 aliphatic carbocycles. The number of ether oxygens (including phenoxy) is 1. The molecule has 0 spiro atoms. The lowest BCUT2D eigenvalue weighted by atomic mass is 10.2. The van der Waals surface area contributed by atoms with Crippen LogP contribution in [0.2, 0.25) is 0 Å². The molecule has 7 heteroatoms. The fraction of sp³-hybridized carbons (Fsp3) is 0.308. The Morgan fingerprint density at radius 3 is 2.80 bits per heavy atom. The van der Waals surface area contributed by atoms with Gasteiger partial charge >= 0.3 is 6.01 Å². The fourth-order valence-electron chi connectivity index (χ4n) is 1.96. The number of hydrogen-bond donors (Lipinski definition) is 1. The number of aromatic nitrogens is 2. The largest absolute Gasteiger partial charge is 0.405 e. The molecule has 1 aromatic carbocycles. The van der Waals surface area contributed by atoms with Crippen LogP contribution in [0.4, 0.5) is 10.4 Å². The van der Waals surface area contributed by atoms with Crippen LogP contribution in [0.5, 0.6) is 0 Å². The maximum Gasteiger partial charge on any atom is 0.322 e. The highest BCUT2D eigenvalue weighted by Crippen LogP contribution is 2.28. The normalized spacial score (nSPS) is 18.1. The monoisotopic (exact) mass is 277 g/mol. The summed E-state index contributed by atoms with van der Waals surface area (Å²) in [6.07, 6.45) is 1.58. The summed E-state index contributed by atoms with van der Waals surface area (Å²) in [5.41, 5.74) is 0.309. The van der Waals surface area contributed by atoms with Gasteiger partial charge in [0.1, 0.15) is 11.9 Å². The molecule has 0 saturated carbocycles. The molecule has 3 rings (SSSR count). The van der Waals surface area contributed by atoms with Crippen molar-refractivity contribution in [3.8, 4) is 0 Å². The zero-order chi connectivity index (χ0) is 13.9. The van der Waals surface area contributed by atoms with Gasteiger partial charge in [0, 0.05) is 12.2 Å². The van der Waals surface area contributed by atoms with Gasteiger partial charge in [0.25, 0.3) is 5.91 Å². The Hall–Kier alpha value is -2.28. The Kier molecular flexibility index (Phi) is 3.42. The molecular weight excluding hydrogens is 265 g/mol. The van der Waals surface area contributed by atoms with Crippen LogP contribution in [0.15, 0.2) is 28.7 Å². The van der Waals surface area contributed by atoms with E-state index in [1.165, 1.54) is 24.3 Å². The number of carbonyl (C=O) groups excluding carboxylic acids is 1. The van der Waals surface area contributed by atoms with Crippen molar-refractivity contribution in [2.45, 2.75) is 18.9 Å². The number of benzene rings is 1. The van der Waals surface area contributed by atoms with Crippen molar-refractivity contribution in [2.24, 2.45) is 0 Å². The van der Waals surface area contributed by atoms with Crippen molar-refractivity contribution >= 4 is 11.9 Å². The molecule has 1 aliphatic heterocycles. The van der Waals surface area contributed by atoms with Gasteiger partial charge in [0.15, 0.2) is 0 Å². The summed E-state index contributed by atoms with van der Waals surface area (Å²) in [7, 11) is 0. The third-order valence-electron chi connectivity index (χ3n) is 2.97. The SMILES string of the molecule is O=C(Nc1nnc(C2CCCO2)o1)c1ccc(F)cc1. The third-order valence-corrected chi connectivity index (χ3v) is 2.97. The minimum absolute atomic E-state index is 0.00447. The van der Waals surface area contributed by atoms with Crippen molar-refractivity contribution < 1.29 is 18.3 Å². The van der Waals surface area contributed by atoms with E-state index in [9.17, 15) is 9.18 Å². The van der Waals surface area contributed by atoms with E-state index in [2.05, 4.69) is 15.5 Å². The molecule has 2 aromatic rings. The summed E-state index contributed by atoms with van der Waals surface area (Å²) in [6.45, 7) is 0.671. The Morgan fingerprint density at radius 2 is 2.10 bits per heavy atom. The molecule has 0 bridgehead atoms. The molecule has 1 amide bonds. The maximum absolute atomic E-state index is 12.8. The minimum Gasteiger partial charge on any atom is -0.405 e. The molecule has 1 N–H and O–H groups in total. The van der Waals surface area contributed by atoms with Crippen molar-refractivity contribution in [3.63, 3.8) is 0 Å². The molecule has 1 aromatic heterocycles. The predicted octanol–water partition coefficient (Wildman–Crippen LogP) is 2.31. The lowest BCUT2D eigenvalue weighted by Gasteiger charge is -2.02. The maximum atomic E-state index is 12.8. The number of carbonyl (C=O) groups is 1. The molecule has 0 radical (unpaired) electrons. The molecule has 1 unspecified atom stereocenters. The average Bonchev–Trinajstić information content (AvgIpc) is 3.09. The summed E-state index contributed by atoms with van der Waals surface area (Å²) in [5, 5.41) is 10.0. The second-order valence-corrected chi connectivity index (χ2v) is 4.41. The van der Waals surface area contributed by atoms with E-state index in [-0.39, 0.29) is 12.1 Å². The average molecular weight is 277 g/mol.